The molecule has 1 rings (SSSR count). The van der Waals surface area contributed by atoms with Gasteiger partial charge in [-0.3, -0.25) is 0 Å². The van der Waals surface area contributed by atoms with Gasteiger partial charge in [-0.25, -0.2) is 0 Å². The van der Waals surface area contributed by atoms with E-state index in [-0.39, 0.29) is 0 Å². The van der Waals surface area contributed by atoms with Gasteiger partial charge in [0.05, 0.1) is 0 Å². The molecular weight excluding hydrogens is 561 g/mol. The van der Waals surface area contributed by atoms with Crippen LogP contribution in [-0.2, 0) is 28.8 Å². The van der Waals surface area contributed by atoms with Crippen LogP contribution in [0.1, 0.15) is 96.9 Å². The highest BCUT2D eigenvalue weighted by Crippen LogP contribution is 2.28. The van der Waals surface area contributed by atoms with Gasteiger partial charge in [0.25, 0.3) is 0 Å². The summed E-state index contributed by atoms with van der Waals surface area (Å²) in [7, 11) is -14.0. The van der Waals surface area contributed by atoms with Gasteiger partial charge in [-0.2, -0.15) is 0 Å². The molecule has 1 heterocycles. The maximum Gasteiger partial charge on any atom is 0.306 e. The van der Waals surface area contributed by atoms with Crippen molar-refractivity contribution in [3.63, 3.8) is 0 Å². The lowest BCUT2D eigenvalue weighted by Gasteiger charge is -2.39. The van der Waals surface area contributed by atoms with Gasteiger partial charge in [0.2, 0.25) is 0 Å². The van der Waals surface area contributed by atoms with Crippen LogP contribution in [0.15, 0.2) is 0 Å². The fourth-order valence-corrected chi connectivity index (χ4v) is 34.2. The highest BCUT2D eigenvalue weighted by molar-refractivity contribution is 6.76. The molecule has 0 amide bonds. The van der Waals surface area contributed by atoms with Crippen LogP contribution in [0.2, 0.25) is 38.8 Å². The Morgan fingerprint density at radius 2 is 0.314 bits per heavy atom. The Labute approximate surface area is 228 Å². The summed E-state index contributed by atoms with van der Waals surface area (Å²) in [5.74, 6) is 0. The number of rotatable bonds is 7. The van der Waals surface area contributed by atoms with Gasteiger partial charge < -0.3 is 28.8 Å². The first-order valence-corrected chi connectivity index (χ1v) is 25.0. The topological polar surface area (TPSA) is 64.6 Å². The predicted octanol–water partition coefficient (Wildman–Crippen LogP) is 4.53. The van der Waals surface area contributed by atoms with E-state index in [0.717, 1.165) is 0 Å². The lowest BCUT2D eigenvalue weighted by molar-refractivity contribution is 0.262. The van der Waals surface area contributed by atoms with Crippen LogP contribution in [0.3, 0.4) is 0 Å². The molecule has 0 aromatic carbocycles. The monoisotopic (exact) mass is 616 g/mol. The highest BCUT2D eigenvalue weighted by atomic mass is 28.5. The Morgan fingerprint density at radius 1 is 0.229 bits per heavy atom. The van der Waals surface area contributed by atoms with Crippen molar-refractivity contribution < 1.29 is 28.8 Å². The Kier molecular flexibility index (Phi) is 16.0. The van der Waals surface area contributed by atoms with Crippen molar-refractivity contribution in [3.05, 3.63) is 0 Å². The second-order valence-corrected chi connectivity index (χ2v) is 34.4. The zero-order chi connectivity index (χ0) is 27.0. The number of hydrogen-bond acceptors (Lipinski definition) is 7. The molecule has 210 valence electrons. The van der Waals surface area contributed by atoms with Crippen molar-refractivity contribution in [2.45, 2.75) is 136 Å². The molecule has 1 aliphatic heterocycles. The third kappa shape index (κ3) is 11.9. The first-order valence-electron chi connectivity index (χ1n) is 13.7. The number of hydrogen-bond donors (Lipinski definition) is 0. The summed E-state index contributed by atoms with van der Waals surface area (Å²) in [5.41, 5.74) is 2.41. The van der Waals surface area contributed by atoms with Gasteiger partial charge in [0, 0.05) is 0 Å². The third-order valence-electron chi connectivity index (χ3n) is 5.69. The largest absolute Gasteiger partial charge is 0.420 e. The summed E-state index contributed by atoms with van der Waals surface area (Å²) in [5, 5.41) is 0. The van der Waals surface area contributed by atoms with E-state index in [1.807, 2.05) is 0 Å². The van der Waals surface area contributed by atoms with Crippen LogP contribution in [0, 0.1) is 0 Å². The predicted molar refractivity (Wildman–Crippen MR) is 163 cm³/mol. The molecule has 0 N–H and O–H groups in total. The summed E-state index contributed by atoms with van der Waals surface area (Å²) in [6.45, 7) is 31.1. The maximum absolute atomic E-state index is 6.83. The van der Waals surface area contributed by atoms with Crippen molar-refractivity contribution >= 4 is 65.0 Å². The second-order valence-electron chi connectivity index (χ2n) is 12.2. The average Bonchev–Trinajstić information content (AvgIpc) is 2.72. The van der Waals surface area contributed by atoms with Crippen molar-refractivity contribution in [2.24, 2.45) is 0 Å². The summed E-state index contributed by atoms with van der Waals surface area (Å²) >= 11 is 0. The van der Waals surface area contributed by atoms with E-state index >= 15 is 0 Å². The first-order chi connectivity index (χ1) is 16.1. The highest BCUT2D eigenvalue weighted by Gasteiger charge is 2.40. The maximum atomic E-state index is 6.83. The Balaban J connectivity index is 3.50. The molecule has 0 aromatic rings. The van der Waals surface area contributed by atoms with Crippen LogP contribution in [0.25, 0.3) is 0 Å². The van der Waals surface area contributed by atoms with Crippen LogP contribution < -0.4 is 0 Å². The quantitative estimate of drug-likeness (QED) is 0.390. The Hall–Kier alpha value is 1.24. The summed E-state index contributed by atoms with van der Waals surface area (Å²) in [6.07, 6.45) is 0. The van der Waals surface area contributed by atoms with Crippen molar-refractivity contribution in [1.82, 2.24) is 0 Å². The lowest BCUT2D eigenvalue weighted by atomic mass is 10.6. The Bertz CT molecular complexity index is 433. The minimum Gasteiger partial charge on any atom is -0.420 e. The van der Waals surface area contributed by atoms with Gasteiger partial charge in [-0.05, 0) is 38.8 Å². The normalized spacial score (nSPS) is 33.0. The molecule has 0 spiro atoms. The SMILES string of the molecule is CC(C)[SiH]1O[SiH](C(C)C)O[SiH](C(C)C)O[SiH](C(C)C)O[SiH](C(C)C)O[SiH](C(C)C)O[SiH](C(C)C)O1. The van der Waals surface area contributed by atoms with Crippen molar-refractivity contribution in [2.75, 3.05) is 0 Å². The smallest absolute Gasteiger partial charge is 0.306 e. The molecule has 14 heteroatoms. The van der Waals surface area contributed by atoms with Crippen LogP contribution in [0.4, 0.5) is 0 Å². The van der Waals surface area contributed by atoms with Gasteiger partial charge in [0.1, 0.15) is 0 Å². The fraction of sp³-hybridized carbons (Fsp3) is 1.00. The van der Waals surface area contributed by atoms with Crippen LogP contribution >= 0.6 is 0 Å². The van der Waals surface area contributed by atoms with E-state index in [1.54, 1.807) is 0 Å². The molecule has 1 saturated heterocycles. The molecule has 35 heavy (non-hydrogen) atoms. The molecule has 0 bridgehead atoms. The minimum atomic E-state index is -2.00. The van der Waals surface area contributed by atoms with Crippen molar-refractivity contribution in [3.8, 4) is 0 Å². The van der Waals surface area contributed by atoms with E-state index in [0.29, 0.717) is 38.8 Å². The standard InChI is InChI=1S/C21H56O7Si7/c1-15(2)29-22-30(16(3)4)24-32(18(7)8)26-34(20(11)12)28-35(21(13)14)27-33(19(9)10)25-31(23-29)17(5)6/h15-21,29-35H,1-14H3. The van der Waals surface area contributed by atoms with Crippen LogP contribution in [-0.4, -0.2) is 65.0 Å². The minimum absolute atomic E-state index is 0.344. The van der Waals surface area contributed by atoms with E-state index in [1.165, 1.54) is 0 Å². The molecule has 0 saturated carbocycles. The lowest BCUT2D eigenvalue weighted by Crippen LogP contribution is -2.52. The van der Waals surface area contributed by atoms with E-state index in [2.05, 4.69) is 96.9 Å². The third-order valence-corrected chi connectivity index (χ3v) is 28.3. The second kappa shape index (κ2) is 16.4. The average molecular weight is 617 g/mol. The summed E-state index contributed by atoms with van der Waals surface area (Å²) < 4.78 is 47.8. The molecule has 1 fully saturated rings. The molecule has 0 aromatic heterocycles. The van der Waals surface area contributed by atoms with E-state index < -0.39 is 65.0 Å². The van der Waals surface area contributed by atoms with E-state index in [4.69, 9.17) is 28.8 Å². The molecular formula is C21H56O7Si7. The van der Waals surface area contributed by atoms with Gasteiger partial charge in [-0.15, -0.1) is 0 Å². The molecule has 1 aliphatic rings. The zero-order valence-corrected chi connectivity index (χ0v) is 33.0. The van der Waals surface area contributed by atoms with Gasteiger partial charge in [-0.1, -0.05) is 96.9 Å². The molecule has 0 aliphatic carbocycles. The molecule has 0 unspecified atom stereocenters. The van der Waals surface area contributed by atoms with Crippen molar-refractivity contribution in [1.29, 1.82) is 0 Å². The summed E-state index contributed by atoms with van der Waals surface area (Å²) in [6, 6.07) is 0. The molecule has 0 radical (unpaired) electrons. The van der Waals surface area contributed by atoms with Crippen LogP contribution in [0.5, 0.6) is 0 Å². The van der Waals surface area contributed by atoms with Gasteiger partial charge >= 0.3 is 65.0 Å². The Morgan fingerprint density at radius 3 is 0.371 bits per heavy atom. The molecule has 7 nitrogen and oxygen atoms in total. The zero-order valence-electron chi connectivity index (χ0n) is 24.9. The molecule has 0 atom stereocenters. The summed E-state index contributed by atoms with van der Waals surface area (Å²) in [4.78, 5) is 0. The van der Waals surface area contributed by atoms with Gasteiger partial charge in [0.15, 0.2) is 0 Å². The van der Waals surface area contributed by atoms with E-state index in [9.17, 15) is 0 Å². The first kappa shape index (κ1) is 34.3. The fourth-order valence-electron chi connectivity index (χ4n) is 3.35.